The number of rotatable bonds is 3. The van der Waals surface area contributed by atoms with E-state index in [9.17, 15) is 8.42 Å². The van der Waals surface area contributed by atoms with E-state index in [1.165, 1.54) is 0 Å². The summed E-state index contributed by atoms with van der Waals surface area (Å²) in [6.07, 6.45) is 4.13. The summed E-state index contributed by atoms with van der Waals surface area (Å²) in [6.45, 7) is 2.12. The summed E-state index contributed by atoms with van der Waals surface area (Å²) in [4.78, 5) is 0. The maximum absolute atomic E-state index is 10.8. The molecule has 0 aromatic heterocycles. The zero-order chi connectivity index (χ0) is 9.04. The molecule has 2 rings (SSSR count). The highest BCUT2D eigenvalue weighted by Gasteiger charge is 2.63. The Morgan fingerprint density at radius 1 is 1.25 bits per heavy atom. The normalized spacial score (nSPS) is 29.8. The number of nitrogens with two attached hydrogens (primary N) is 1. The summed E-state index contributed by atoms with van der Waals surface area (Å²) in [5.74, 6) is 0. The molecule has 2 saturated carbocycles. The van der Waals surface area contributed by atoms with Crippen molar-refractivity contribution < 1.29 is 8.42 Å². The molecule has 0 radical (unpaired) electrons. The van der Waals surface area contributed by atoms with Crippen LogP contribution in [0.15, 0.2) is 0 Å². The molecule has 70 valence electrons. The zero-order valence-electron chi connectivity index (χ0n) is 7.13. The summed E-state index contributed by atoms with van der Waals surface area (Å²) in [5.41, 5.74) is 0.0139. The molecule has 0 amide bonds. The molecule has 0 spiro atoms. The van der Waals surface area contributed by atoms with E-state index in [2.05, 4.69) is 11.6 Å². The fourth-order valence-corrected chi connectivity index (χ4v) is 2.89. The Labute approximate surface area is 72.7 Å². The van der Waals surface area contributed by atoms with Crippen LogP contribution in [0, 0.1) is 5.41 Å². The Bertz CT molecular complexity index is 301. The number of nitrogens with one attached hydrogen (secondary N) is 1. The van der Waals surface area contributed by atoms with Gasteiger partial charge in [-0.05, 0) is 31.1 Å². The minimum Gasteiger partial charge on any atom is -0.216 e. The fourth-order valence-electron chi connectivity index (χ4n) is 1.89. The predicted molar refractivity (Wildman–Crippen MR) is 45.5 cm³/mol. The van der Waals surface area contributed by atoms with Crippen LogP contribution in [-0.4, -0.2) is 14.0 Å². The second kappa shape index (κ2) is 2.02. The van der Waals surface area contributed by atoms with Gasteiger partial charge >= 0.3 is 0 Å². The summed E-state index contributed by atoms with van der Waals surface area (Å²) >= 11 is 0. The molecule has 0 unspecified atom stereocenters. The van der Waals surface area contributed by atoms with E-state index in [0.717, 1.165) is 25.7 Å². The van der Waals surface area contributed by atoms with E-state index in [0.29, 0.717) is 0 Å². The van der Waals surface area contributed by atoms with Gasteiger partial charge in [-0.15, -0.1) is 0 Å². The minimum absolute atomic E-state index is 0.180. The van der Waals surface area contributed by atoms with Gasteiger partial charge in [0.1, 0.15) is 0 Å². The molecular formula is C7H14N2O2S. The fraction of sp³-hybridized carbons (Fsp3) is 1.00. The summed E-state index contributed by atoms with van der Waals surface area (Å²) in [7, 11) is -3.51. The third-order valence-electron chi connectivity index (χ3n) is 3.24. The van der Waals surface area contributed by atoms with Crippen LogP contribution in [0.2, 0.25) is 0 Å². The van der Waals surface area contributed by atoms with Crippen LogP contribution in [0.1, 0.15) is 32.6 Å². The maximum atomic E-state index is 10.8. The maximum Gasteiger partial charge on any atom is 0.274 e. The lowest BCUT2D eigenvalue weighted by Gasteiger charge is -2.22. The first-order chi connectivity index (χ1) is 5.37. The largest absolute Gasteiger partial charge is 0.274 e. The van der Waals surface area contributed by atoms with Crippen molar-refractivity contribution in [2.45, 2.75) is 38.1 Å². The molecule has 0 aliphatic heterocycles. The monoisotopic (exact) mass is 190 g/mol. The van der Waals surface area contributed by atoms with E-state index in [1.807, 2.05) is 0 Å². The van der Waals surface area contributed by atoms with Gasteiger partial charge in [-0.25, -0.2) is 5.14 Å². The van der Waals surface area contributed by atoms with Gasteiger partial charge in [-0.2, -0.15) is 13.1 Å². The Kier molecular flexibility index (Phi) is 1.43. The average Bonchev–Trinajstić information content (AvgIpc) is 2.65. The molecule has 2 aliphatic carbocycles. The second-order valence-electron chi connectivity index (χ2n) is 4.29. The van der Waals surface area contributed by atoms with Crippen LogP contribution >= 0.6 is 0 Å². The van der Waals surface area contributed by atoms with Crippen molar-refractivity contribution in [3.63, 3.8) is 0 Å². The van der Waals surface area contributed by atoms with Gasteiger partial charge in [0, 0.05) is 5.54 Å². The van der Waals surface area contributed by atoms with Gasteiger partial charge in [0.25, 0.3) is 10.2 Å². The summed E-state index contributed by atoms with van der Waals surface area (Å²) in [5, 5.41) is 4.95. The first-order valence-corrected chi connectivity index (χ1v) is 5.73. The Hall–Kier alpha value is -0.130. The second-order valence-corrected chi connectivity index (χ2v) is 5.58. The summed E-state index contributed by atoms with van der Waals surface area (Å²) < 4.78 is 24.2. The molecule has 0 aromatic rings. The Morgan fingerprint density at radius 3 is 2.00 bits per heavy atom. The van der Waals surface area contributed by atoms with Crippen molar-refractivity contribution in [3.05, 3.63) is 0 Å². The molecule has 12 heavy (non-hydrogen) atoms. The van der Waals surface area contributed by atoms with Gasteiger partial charge in [0.15, 0.2) is 0 Å². The average molecular weight is 190 g/mol. The zero-order valence-corrected chi connectivity index (χ0v) is 7.95. The molecule has 0 saturated heterocycles. The first-order valence-electron chi connectivity index (χ1n) is 4.19. The third kappa shape index (κ3) is 1.26. The Balaban J connectivity index is 2.13. The standard InChI is InChI=1S/C7H14N2O2S/c1-6(2-3-6)7(4-5-7)9-12(8,10)11/h9H,2-5H2,1H3,(H2,8,10,11). The Morgan fingerprint density at radius 2 is 1.75 bits per heavy atom. The first kappa shape index (κ1) is 8.47. The number of hydrogen-bond donors (Lipinski definition) is 2. The van der Waals surface area contributed by atoms with Gasteiger partial charge in [-0.3, -0.25) is 0 Å². The van der Waals surface area contributed by atoms with Crippen LogP contribution < -0.4 is 9.86 Å². The molecule has 3 N–H and O–H groups in total. The van der Waals surface area contributed by atoms with Crippen LogP contribution in [0.3, 0.4) is 0 Å². The highest BCUT2D eigenvalue weighted by atomic mass is 32.2. The lowest BCUT2D eigenvalue weighted by atomic mass is 9.98. The molecule has 0 aromatic carbocycles. The molecule has 5 heteroatoms. The van der Waals surface area contributed by atoms with Crippen molar-refractivity contribution >= 4 is 10.2 Å². The molecular weight excluding hydrogens is 176 g/mol. The third-order valence-corrected chi connectivity index (χ3v) is 3.92. The van der Waals surface area contributed by atoms with Crippen molar-refractivity contribution in [3.8, 4) is 0 Å². The van der Waals surface area contributed by atoms with Gasteiger partial charge < -0.3 is 0 Å². The topological polar surface area (TPSA) is 72.2 Å². The van der Waals surface area contributed by atoms with Crippen molar-refractivity contribution in [2.75, 3.05) is 0 Å². The van der Waals surface area contributed by atoms with Gasteiger partial charge in [-0.1, -0.05) is 6.92 Å². The van der Waals surface area contributed by atoms with E-state index in [-0.39, 0.29) is 11.0 Å². The molecule has 0 atom stereocenters. The molecule has 0 heterocycles. The van der Waals surface area contributed by atoms with Crippen molar-refractivity contribution in [2.24, 2.45) is 10.6 Å². The minimum atomic E-state index is -3.51. The quantitative estimate of drug-likeness (QED) is 0.663. The van der Waals surface area contributed by atoms with Crippen LogP contribution in [0.4, 0.5) is 0 Å². The van der Waals surface area contributed by atoms with Gasteiger partial charge in [0.2, 0.25) is 0 Å². The van der Waals surface area contributed by atoms with Crippen molar-refractivity contribution in [1.29, 1.82) is 0 Å². The van der Waals surface area contributed by atoms with Crippen LogP contribution in [0.25, 0.3) is 0 Å². The highest BCUT2D eigenvalue weighted by molar-refractivity contribution is 7.87. The van der Waals surface area contributed by atoms with Crippen molar-refractivity contribution in [1.82, 2.24) is 4.72 Å². The molecule has 4 nitrogen and oxygen atoms in total. The van der Waals surface area contributed by atoms with Crippen LogP contribution in [0.5, 0.6) is 0 Å². The van der Waals surface area contributed by atoms with E-state index in [4.69, 9.17) is 5.14 Å². The van der Waals surface area contributed by atoms with Gasteiger partial charge in [0.05, 0.1) is 0 Å². The smallest absolute Gasteiger partial charge is 0.216 e. The van der Waals surface area contributed by atoms with Crippen LogP contribution in [-0.2, 0) is 10.2 Å². The molecule has 2 aliphatic rings. The number of hydrogen-bond acceptors (Lipinski definition) is 2. The van der Waals surface area contributed by atoms with E-state index in [1.54, 1.807) is 0 Å². The predicted octanol–water partition coefficient (Wildman–Crippen LogP) is 0.112. The SMILES string of the molecule is CC1(C2(NS(N)(=O)=O)CC2)CC1. The highest BCUT2D eigenvalue weighted by Crippen LogP contribution is 2.63. The molecule has 2 fully saturated rings. The lowest BCUT2D eigenvalue weighted by Crippen LogP contribution is -2.45. The van der Waals surface area contributed by atoms with E-state index >= 15 is 0 Å². The summed E-state index contributed by atoms with van der Waals surface area (Å²) in [6, 6.07) is 0. The van der Waals surface area contributed by atoms with E-state index < -0.39 is 10.2 Å². The lowest BCUT2D eigenvalue weighted by molar-refractivity contribution is 0.381. The molecule has 0 bridgehead atoms.